The average Bonchev–Trinajstić information content (AvgIpc) is 3.20. The third-order valence-corrected chi connectivity index (χ3v) is 4.10. The molecule has 0 aliphatic carbocycles. The van der Waals surface area contributed by atoms with Gasteiger partial charge in [-0.05, 0) is 24.3 Å². The fourth-order valence-corrected chi connectivity index (χ4v) is 2.76. The fourth-order valence-electron chi connectivity index (χ4n) is 2.76. The lowest BCUT2D eigenvalue weighted by Gasteiger charge is -2.11. The second kappa shape index (κ2) is 8.62. The average molecular weight is 410 g/mol. The van der Waals surface area contributed by atoms with E-state index in [4.69, 9.17) is 19.9 Å². The van der Waals surface area contributed by atoms with Crippen LogP contribution >= 0.6 is 0 Å². The van der Waals surface area contributed by atoms with Crippen molar-refractivity contribution in [2.45, 2.75) is 0 Å². The summed E-state index contributed by atoms with van der Waals surface area (Å²) >= 11 is 0. The molecule has 1 aromatic carbocycles. The number of nitrogens with two attached hydrogens (primary N) is 1. The Bertz CT molecular complexity index is 1170. The van der Waals surface area contributed by atoms with E-state index in [-0.39, 0.29) is 17.6 Å². The van der Waals surface area contributed by atoms with Crippen LogP contribution in [-0.2, 0) is 4.74 Å². The van der Waals surface area contributed by atoms with Crippen molar-refractivity contribution in [3.8, 4) is 17.4 Å². The number of pyridine rings is 1. The zero-order valence-electron chi connectivity index (χ0n) is 16.1. The highest BCUT2D eigenvalue weighted by Gasteiger charge is 2.11. The smallest absolute Gasteiger partial charge is 0.225 e. The van der Waals surface area contributed by atoms with Crippen LogP contribution in [0.1, 0.15) is 0 Å². The number of anilines is 3. The van der Waals surface area contributed by atoms with Gasteiger partial charge in [0.05, 0.1) is 12.0 Å². The number of nitrogens with zero attached hydrogens (tertiary/aromatic N) is 3. The van der Waals surface area contributed by atoms with Crippen LogP contribution < -0.4 is 20.5 Å². The van der Waals surface area contributed by atoms with Crippen LogP contribution in [0.25, 0.3) is 11.0 Å². The molecule has 4 rings (SSSR count). The molecule has 0 saturated heterocycles. The second-order valence-electron chi connectivity index (χ2n) is 6.21. The van der Waals surface area contributed by atoms with Crippen LogP contribution in [0.4, 0.5) is 21.8 Å². The summed E-state index contributed by atoms with van der Waals surface area (Å²) in [5.74, 6) is 0.726. The number of aromatic amines is 1. The summed E-state index contributed by atoms with van der Waals surface area (Å²) in [5, 5.41) is 3.74. The number of hydrogen-bond donors (Lipinski definition) is 3. The molecule has 3 heterocycles. The van der Waals surface area contributed by atoms with Crippen molar-refractivity contribution in [3.63, 3.8) is 0 Å². The van der Waals surface area contributed by atoms with Gasteiger partial charge in [0.2, 0.25) is 11.8 Å². The number of aromatic nitrogens is 4. The summed E-state index contributed by atoms with van der Waals surface area (Å²) in [6.45, 7) is 0.725. The molecule has 0 aliphatic heterocycles. The van der Waals surface area contributed by atoms with Crippen molar-refractivity contribution in [2.75, 3.05) is 31.4 Å². The number of fused-ring (bicyclic) bond motifs is 1. The molecule has 0 spiro atoms. The van der Waals surface area contributed by atoms with E-state index in [9.17, 15) is 4.39 Å². The molecule has 30 heavy (non-hydrogen) atoms. The van der Waals surface area contributed by atoms with Crippen LogP contribution in [0.3, 0.4) is 0 Å². The van der Waals surface area contributed by atoms with Gasteiger partial charge in [-0.25, -0.2) is 9.37 Å². The summed E-state index contributed by atoms with van der Waals surface area (Å²) in [6, 6.07) is 9.55. The first-order valence-electron chi connectivity index (χ1n) is 9.05. The van der Waals surface area contributed by atoms with Crippen LogP contribution in [0.5, 0.6) is 17.4 Å². The van der Waals surface area contributed by atoms with E-state index in [1.807, 2.05) is 6.07 Å². The Morgan fingerprint density at radius 1 is 1.10 bits per heavy atom. The molecule has 0 saturated carbocycles. The molecule has 0 atom stereocenters. The van der Waals surface area contributed by atoms with Gasteiger partial charge in [-0.15, -0.1) is 0 Å². The monoisotopic (exact) mass is 410 g/mol. The van der Waals surface area contributed by atoms with E-state index in [2.05, 4.69) is 25.3 Å². The van der Waals surface area contributed by atoms with Gasteiger partial charge >= 0.3 is 0 Å². The Hall–Kier alpha value is -3.92. The van der Waals surface area contributed by atoms with Gasteiger partial charge in [-0.2, -0.15) is 9.97 Å². The first-order chi connectivity index (χ1) is 14.6. The quantitative estimate of drug-likeness (QED) is 0.377. The number of hydrogen-bond acceptors (Lipinski definition) is 8. The lowest BCUT2D eigenvalue weighted by molar-refractivity contribution is 0.144. The van der Waals surface area contributed by atoms with Crippen LogP contribution in [0.15, 0.2) is 48.8 Å². The maximum atomic E-state index is 14.6. The lowest BCUT2D eigenvalue weighted by Crippen LogP contribution is -2.08. The third kappa shape index (κ3) is 4.39. The molecule has 9 nitrogen and oxygen atoms in total. The molecule has 0 bridgehead atoms. The molecular weight excluding hydrogens is 391 g/mol. The van der Waals surface area contributed by atoms with Crippen molar-refractivity contribution in [3.05, 3.63) is 54.6 Å². The number of ether oxygens (including phenoxy) is 3. The van der Waals surface area contributed by atoms with Gasteiger partial charge < -0.3 is 30.2 Å². The van der Waals surface area contributed by atoms with Crippen LogP contribution in [-0.4, -0.2) is 40.3 Å². The van der Waals surface area contributed by atoms with Gasteiger partial charge in [0.1, 0.15) is 23.8 Å². The van der Waals surface area contributed by atoms with Crippen LogP contribution in [0, 0.1) is 5.82 Å². The largest absolute Gasteiger partial charge is 0.475 e. The van der Waals surface area contributed by atoms with Crippen molar-refractivity contribution < 1.29 is 18.6 Å². The zero-order valence-corrected chi connectivity index (χ0v) is 16.1. The highest BCUT2D eigenvalue weighted by molar-refractivity contribution is 5.82. The van der Waals surface area contributed by atoms with Gasteiger partial charge in [-0.1, -0.05) is 0 Å². The molecule has 0 amide bonds. The van der Waals surface area contributed by atoms with E-state index in [0.29, 0.717) is 36.1 Å². The molecule has 0 radical (unpaired) electrons. The number of nitrogens with one attached hydrogen (secondary N) is 2. The van der Waals surface area contributed by atoms with Crippen molar-refractivity contribution in [1.29, 1.82) is 0 Å². The molecular formula is C20H19FN6O3. The minimum atomic E-state index is -0.543. The Labute approximate surface area is 171 Å². The van der Waals surface area contributed by atoms with E-state index in [1.54, 1.807) is 37.7 Å². The topological polar surface area (TPSA) is 120 Å². The number of benzene rings is 1. The molecule has 4 aromatic rings. The minimum absolute atomic E-state index is 0.0287. The number of H-pyrrole nitrogens is 1. The summed E-state index contributed by atoms with van der Waals surface area (Å²) < 4.78 is 30.8. The summed E-state index contributed by atoms with van der Waals surface area (Å²) in [4.78, 5) is 15.3. The molecule has 4 N–H and O–H groups in total. The van der Waals surface area contributed by atoms with Gasteiger partial charge in [-0.3, -0.25) is 0 Å². The first kappa shape index (κ1) is 19.4. The normalized spacial score (nSPS) is 10.9. The van der Waals surface area contributed by atoms with E-state index in [1.165, 1.54) is 12.1 Å². The maximum absolute atomic E-state index is 14.6. The Balaban J connectivity index is 1.50. The number of halogens is 1. The summed E-state index contributed by atoms with van der Waals surface area (Å²) in [7, 11) is 1.57. The van der Waals surface area contributed by atoms with Gasteiger partial charge in [0.25, 0.3) is 0 Å². The van der Waals surface area contributed by atoms with Crippen molar-refractivity contribution >= 4 is 28.5 Å². The molecule has 0 fully saturated rings. The first-order valence-corrected chi connectivity index (χ1v) is 9.05. The second-order valence-corrected chi connectivity index (χ2v) is 6.21. The van der Waals surface area contributed by atoms with Crippen LogP contribution in [0.2, 0.25) is 0 Å². The molecule has 0 aliphatic rings. The molecule has 154 valence electrons. The minimum Gasteiger partial charge on any atom is -0.475 e. The highest BCUT2D eigenvalue weighted by atomic mass is 19.1. The third-order valence-electron chi connectivity index (χ3n) is 4.10. The summed E-state index contributed by atoms with van der Waals surface area (Å²) in [5.41, 5.74) is 6.84. The molecule has 10 heteroatoms. The van der Waals surface area contributed by atoms with E-state index >= 15 is 0 Å². The maximum Gasteiger partial charge on any atom is 0.225 e. The number of methoxy groups -OCH3 is 1. The fraction of sp³-hybridized carbons (Fsp3) is 0.150. The van der Waals surface area contributed by atoms with Crippen molar-refractivity contribution in [1.82, 2.24) is 19.9 Å². The number of rotatable bonds is 8. The number of nitrogen functional groups attached to an aromatic ring is 1. The Morgan fingerprint density at radius 2 is 2.00 bits per heavy atom. The lowest BCUT2D eigenvalue weighted by atomic mass is 10.2. The van der Waals surface area contributed by atoms with Gasteiger partial charge in [0, 0.05) is 37.3 Å². The summed E-state index contributed by atoms with van der Waals surface area (Å²) in [6.07, 6.45) is 3.34. The Morgan fingerprint density at radius 3 is 2.83 bits per heavy atom. The van der Waals surface area contributed by atoms with Crippen molar-refractivity contribution in [2.24, 2.45) is 0 Å². The van der Waals surface area contributed by atoms with E-state index < -0.39 is 5.82 Å². The zero-order chi connectivity index (χ0) is 20.9. The Kier molecular flexibility index (Phi) is 5.57. The molecule has 3 aromatic heterocycles. The molecule has 0 unspecified atom stereocenters. The predicted octanol–water partition coefficient (Wildman–Crippen LogP) is 3.64. The SMILES string of the molecule is COCCOc1cc(Nc2ccc(Oc3ccnc4[nH]ccc34)c(F)c2)nc(N)n1. The highest BCUT2D eigenvalue weighted by Crippen LogP contribution is 2.31. The predicted molar refractivity (Wildman–Crippen MR) is 110 cm³/mol. The van der Waals surface area contributed by atoms with Gasteiger partial charge in [0.15, 0.2) is 11.6 Å². The van der Waals surface area contributed by atoms with E-state index in [0.717, 1.165) is 5.39 Å². The standard InChI is InChI=1S/C20H19FN6O3/c1-28-8-9-29-18-11-17(26-20(22)27-18)25-12-2-3-16(14(21)10-12)30-15-5-7-24-19-13(15)4-6-23-19/h2-7,10-11H,8-9H2,1H3,(H,23,24)(H3,22,25,26,27).